The molecule has 1 unspecified atom stereocenters. The van der Waals surface area contributed by atoms with Gasteiger partial charge in [0.2, 0.25) is 10.0 Å². The molecule has 0 aromatic carbocycles. The molecule has 0 saturated carbocycles. The fourth-order valence-corrected chi connectivity index (χ4v) is 3.31. The highest BCUT2D eigenvalue weighted by atomic mass is 35.5. The van der Waals surface area contributed by atoms with Gasteiger partial charge in [-0.2, -0.15) is 0 Å². The molecule has 1 heterocycles. The van der Waals surface area contributed by atoms with Crippen LogP contribution in [0.3, 0.4) is 0 Å². The molecule has 0 fully saturated rings. The van der Waals surface area contributed by atoms with Crippen LogP contribution >= 0.6 is 11.6 Å². The number of aliphatic hydroxyl groups excluding tert-OH is 1. The van der Waals surface area contributed by atoms with E-state index in [0.29, 0.717) is 0 Å². The maximum absolute atomic E-state index is 12.0. The molecule has 0 saturated heterocycles. The van der Waals surface area contributed by atoms with Crippen LogP contribution in [0.25, 0.3) is 0 Å². The summed E-state index contributed by atoms with van der Waals surface area (Å²) in [6, 6.07) is 1.41. The fraction of sp³-hybridized carbons (Fsp3) is 0.583. The number of nitrogens with one attached hydrogen (secondary N) is 1. The molecule has 0 amide bonds. The molecule has 7 heteroatoms. The van der Waals surface area contributed by atoms with E-state index in [-0.39, 0.29) is 22.4 Å². The van der Waals surface area contributed by atoms with Gasteiger partial charge in [-0.3, -0.25) is 4.98 Å². The van der Waals surface area contributed by atoms with Crippen molar-refractivity contribution in [3.05, 3.63) is 23.5 Å². The van der Waals surface area contributed by atoms with E-state index >= 15 is 0 Å². The van der Waals surface area contributed by atoms with Gasteiger partial charge in [0.15, 0.2) is 0 Å². The average Bonchev–Trinajstić information content (AvgIpc) is 2.38. The minimum absolute atomic E-state index is 0.0279. The standard InChI is InChI=1S/C12H19ClN2O3S/c1-3-9(4-2)11(16)7-15-19(17,18)12-8-14-6-5-10(12)13/h5-6,8-9,11,15-16H,3-4,7H2,1-2H3. The molecule has 108 valence electrons. The molecule has 19 heavy (non-hydrogen) atoms. The Hall–Kier alpha value is -0.690. The quantitative estimate of drug-likeness (QED) is 0.805. The van der Waals surface area contributed by atoms with E-state index in [1.165, 1.54) is 18.5 Å². The van der Waals surface area contributed by atoms with Crippen LogP contribution in [0.15, 0.2) is 23.4 Å². The van der Waals surface area contributed by atoms with Gasteiger partial charge in [-0.05, 0) is 12.0 Å². The number of sulfonamides is 1. The van der Waals surface area contributed by atoms with E-state index < -0.39 is 16.1 Å². The highest BCUT2D eigenvalue weighted by molar-refractivity contribution is 7.89. The van der Waals surface area contributed by atoms with Crippen LogP contribution in [0.5, 0.6) is 0 Å². The molecule has 1 atom stereocenters. The number of aromatic nitrogens is 1. The summed E-state index contributed by atoms with van der Waals surface area (Å²) in [7, 11) is -3.74. The number of pyridine rings is 1. The van der Waals surface area contributed by atoms with Crippen LogP contribution in [0, 0.1) is 5.92 Å². The largest absolute Gasteiger partial charge is 0.391 e. The lowest BCUT2D eigenvalue weighted by Crippen LogP contribution is -2.36. The summed E-state index contributed by atoms with van der Waals surface area (Å²) in [6.07, 6.45) is 3.49. The predicted octanol–water partition coefficient (Wildman–Crippen LogP) is 1.81. The number of nitrogens with zero attached hydrogens (tertiary/aromatic N) is 1. The Labute approximate surface area is 119 Å². The van der Waals surface area contributed by atoms with Crippen molar-refractivity contribution in [2.45, 2.75) is 37.7 Å². The van der Waals surface area contributed by atoms with E-state index in [9.17, 15) is 13.5 Å². The summed E-state index contributed by atoms with van der Waals surface area (Å²) >= 11 is 5.82. The summed E-state index contributed by atoms with van der Waals surface area (Å²) in [5.41, 5.74) is 0. The maximum Gasteiger partial charge on any atom is 0.243 e. The number of halogens is 1. The zero-order chi connectivity index (χ0) is 14.5. The minimum atomic E-state index is -3.74. The van der Waals surface area contributed by atoms with Gasteiger partial charge < -0.3 is 5.11 Å². The van der Waals surface area contributed by atoms with Crippen LogP contribution in [0.1, 0.15) is 26.7 Å². The van der Waals surface area contributed by atoms with Crippen molar-refractivity contribution in [1.82, 2.24) is 9.71 Å². The van der Waals surface area contributed by atoms with Gasteiger partial charge in [0.1, 0.15) is 4.90 Å². The second kappa shape index (κ2) is 7.19. The molecule has 0 bridgehead atoms. The molecular weight excluding hydrogens is 288 g/mol. The van der Waals surface area contributed by atoms with Crippen molar-refractivity contribution in [3.8, 4) is 0 Å². The van der Waals surface area contributed by atoms with Crippen molar-refractivity contribution < 1.29 is 13.5 Å². The zero-order valence-electron chi connectivity index (χ0n) is 11.0. The second-order valence-corrected chi connectivity index (χ2v) is 6.44. The molecule has 0 aliphatic heterocycles. The molecule has 0 aliphatic carbocycles. The zero-order valence-corrected chi connectivity index (χ0v) is 12.6. The van der Waals surface area contributed by atoms with Gasteiger partial charge in [0.25, 0.3) is 0 Å². The molecular formula is C12H19ClN2O3S. The molecule has 1 rings (SSSR count). The predicted molar refractivity (Wildman–Crippen MR) is 74.5 cm³/mol. The van der Waals surface area contributed by atoms with E-state index in [2.05, 4.69) is 9.71 Å². The maximum atomic E-state index is 12.0. The Kier molecular flexibility index (Phi) is 6.19. The molecule has 1 aromatic rings. The average molecular weight is 307 g/mol. The smallest absolute Gasteiger partial charge is 0.243 e. The Bertz CT molecular complexity index is 503. The van der Waals surface area contributed by atoms with Crippen molar-refractivity contribution >= 4 is 21.6 Å². The van der Waals surface area contributed by atoms with Gasteiger partial charge in [-0.1, -0.05) is 38.3 Å². The summed E-state index contributed by atoms with van der Waals surface area (Å²) in [5.74, 6) is 0.0760. The molecule has 2 N–H and O–H groups in total. The first kappa shape index (κ1) is 16.4. The monoisotopic (exact) mass is 306 g/mol. The van der Waals surface area contributed by atoms with Crippen LogP contribution in [0.4, 0.5) is 0 Å². The van der Waals surface area contributed by atoms with Crippen LogP contribution in [-0.2, 0) is 10.0 Å². The van der Waals surface area contributed by atoms with Gasteiger partial charge in [-0.25, -0.2) is 13.1 Å². The lowest BCUT2D eigenvalue weighted by molar-refractivity contribution is 0.107. The highest BCUT2D eigenvalue weighted by Crippen LogP contribution is 2.19. The number of aliphatic hydroxyl groups is 1. The number of hydrogen-bond acceptors (Lipinski definition) is 4. The number of hydrogen-bond donors (Lipinski definition) is 2. The van der Waals surface area contributed by atoms with Crippen LogP contribution < -0.4 is 4.72 Å². The number of rotatable bonds is 7. The van der Waals surface area contributed by atoms with Gasteiger partial charge in [0.05, 0.1) is 11.1 Å². The van der Waals surface area contributed by atoms with Crippen molar-refractivity contribution in [3.63, 3.8) is 0 Å². The summed E-state index contributed by atoms with van der Waals surface area (Å²) in [5, 5.41) is 10.0. The van der Waals surface area contributed by atoms with Gasteiger partial charge in [-0.15, -0.1) is 0 Å². The first-order chi connectivity index (χ1) is 8.92. The van der Waals surface area contributed by atoms with Crippen molar-refractivity contribution in [2.75, 3.05) is 6.54 Å². The first-order valence-electron chi connectivity index (χ1n) is 6.19. The lowest BCUT2D eigenvalue weighted by Gasteiger charge is -2.20. The third-order valence-electron chi connectivity index (χ3n) is 3.10. The third kappa shape index (κ3) is 4.42. The highest BCUT2D eigenvalue weighted by Gasteiger charge is 2.21. The Morgan fingerprint density at radius 3 is 2.58 bits per heavy atom. The van der Waals surface area contributed by atoms with Crippen LogP contribution in [0.2, 0.25) is 5.02 Å². The van der Waals surface area contributed by atoms with E-state index in [1.54, 1.807) is 0 Å². The van der Waals surface area contributed by atoms with Crippen molar-refractivity contribution in [1.29, 1.82) is 0 Å². The Morgan fingerprint density at radius 2 is 2.05 bits per heavy atom. The lowest BCUT2D eigenvalue weighted by atomic mass is 9.97. The summed E-state index contributed by atoms with van der Waals surface area (Å²) in [6.45, 7) is 3.90. The Morgan fingerprint density at radius 1 is 1.42 bits per heavy atom. The minimum Gasteiger partial charge on any atom is -0.391 e. The van der Waals surface area contributed by atoms with E-state index in [0.717, 1.165) is 12.8 Å². The summed E-state index contributed by atoms with van der Waals surface area (Å²) in [4.78, 5) is 3.66. The molecule has 1 aromatic heterocycles. The first-order valence-corrected chi connectivity index (χ1v) is 8.05. The van der Waals surface area contributed by atoms with Gasteiger partial charge >= 0.3 is 0 Å². The topological polar surface area (TPSA) is 79.3 Å². The Balaban J connectivity index is 2.74. The fourth-order valence-electron chi connectivity index (χ4n) is 1.83. The molecule has 5 nitrogen and oxygen atoms in total. The molecule has 0 aliphatic rings. The molecule has 0 spiro atoms. The summed E-state index contributed by atoms with van der Waals surface area (Å²) < 4.78 is 26.4. The molecule has 0 radical (unpaired) electrons. The SMILES string of the molecule is CCC(CC)C(O)CNS(=O)(=O)c1cnccc1Cl. The van der Waals surface area contributed by atoms with E-state index in [4.69, 9.17) is 11.6 Å². The second-order valence-electron chi connectivity index (χ2n) is 4.30. The normalized spacial score (nSPS) is 13.7. The van der Waals surface area contributed by atoms with Crippen molar-refractivity contribution in [2.24, 2.45) is 5.92 Å². The third-order valence-corrected chi connectivity index (χ3v) is 4.99. The van der Waals surface area contributed by atoms with E-state index in [1.807, 2.05) is 13.8 Å². The van der Waals surface area contributed by atoms with Crippen LogP contribution in [-0.4, -0.2) is 31.2 Å². The van der Waals surface area contributed by atoms with Gasteiger partial charge in [0, 0.05) is 18.9 Å².